The number of H-pyrrole nitrogens is 1. The predicted octanol–water partition coefficient (Wildman–Crippen LogP) is 2.68. The SMILES string of the molecule is COc1ccc2c(c1)c(-c1cc3cccnc3[nH]1)cn2CC(N)=O. The highest BCUT2D eigenvalue weighted by Gasteiger charge is 2.14. The van der Waals surface area contributed by atoms with E-state index in [0.717, 1.165) is 38.9 Å². The van der Waals surface area contributed by atoms with Crippen molar-refractivity contribution in [2.45, 2.75) is 6.54 Å². The molecule has 0 aliphatic heterocycles. The third kappa shape index (κ3) is 2.28. The van der Waals surface area contributed by atoms with Crippen molar-refractivity contribution >= 4 is 27.8 Å². The first-order valence-electron chi connectivity index (χ1n) is 7.55. The highest BCUT2D eigenvalue weighted by molar-refractivity contribution is 5.99. The van der Waals surface area contributed by atoms with Gasteiger partial charge in [-0.3, -0.25) is 4.79 Å². The molecule has 1 aromatic carbocycles. The standard InChI is InChI=1S/C18H16N4O2/c1-24-12-4-5-16-13(8-12)14(9-22(16)10-17(19)23)15-7-11-3-2-6-20-18(11)21-15/h2-9H,10H2,1H3,(H2,19,23)(H,20,21). The Morgan fingerprint density at radius 2 is 2.21 bits per heavy atom. The van der Waals surface area contributed by atoms with E-state index in [4.69, 9.17) is 10.5 Å². The molecule has 0 aliphatic rings. The van der Waals surface area contributed by atoms with Gasteiger partial charge in [-0.05, 0) is 36.4 Å². The molecule has 0 fully saturated rings. The van der Waals surface area contributed by atoms with Gasteiger partial charge in [0.05, 0.1) is 7.11 Å². The predicted molar refractivity (Wildman–Crippen MR) is 92.8 cm³/mol. The first kappa shape index (κ1) is 14.3. The number of carbonyl (C=O) groups excluding carboxylic acids is 1. The van der Waals surface area contributed by atoms with E-state index in [2.05, 4.69) is 9.97 Å². The normalized spacial score (nSPS) is 11.2. The number of rotatable bonds is 4. The summed E-state index contributed by atoms with van der Waals surface area (Å²) in [5.74, 6) is 0.377. The molecular weight excluding hydrogens is 304 g/mol. The van der Waals surface area contributed by atoms with Crippen molar-refractivity contribution in [1.82, 2.24) is 14.5 Å². The summed E-state index contributed by atoms with van der Waals surface area (Å²) in [6.45, 7) is 0.126. The average Bonchev–Trinajstić information content (AvgIpc) is 3.15. The van der Waals surface area contributed by atoms with Crippen molar-refractivity contribution < 1.29 is 9.53 Å². The van der Waals surface area contributed by atoms with Crippen LogP contribution >= 0.6 is 0 Å². The molecule has 0 radical (unpaired) electrons. The van der Waals surface area contributed by atoms with Gasteiger partial charge < -0.3 is 20.0 Å². The number of carbonyl (C=O) groups is 1. The quantitative estimate of drug-likeness (QED) is 0.606. The lowest BCUT2D eigenvalue weighted by molar-refractivity contribution is -0.118. The lowest BCUT2D eigenvalue weighted by Gasteiger charge is -2.03. The first-order valence-corrected chi connectivity index (χ1v) is 7.55. The lowest BCUT2D eigenvalue weighted by Crippen LogP contribution is -2.17. The molecule has 0 bridgehead atoms. The molecule has 24 heavy (non-hydrogen) atoms. The van der Waals surface area contributed by atoms with Crippen molar-refractivity contribution in [2.24, 2.45) is 5.73 Å². The van der Waals surface area contributed by atoms with E-state index in [0.29, 0.717) is 0 Å². The van der Waals surface area contributed by atoms with Crippen molar-refractivity contribution in [2.75, 3.05) is 7.11 Å². The second kappa shape index (κ2) is 5.42. The summed E-state index contributed by atoms with van der Waals surface area (Å²) in [5.41, 5.74) is 9.04. The molecule has 1 amide bonds. The van der Waals surface area contributed by atoms with Gasteiger partial charge in [-0.25, -0.2) is 4.98 Å². The van der Waals surface area contributed by atoms with Gasteiger partial charge in [-0.1, -0.05) is 0 Å². The number of ether oxygens (including phenoxy) is 1. The minimum absolute atomic E-state index is 0.126. The van der Waals surface area contributed by atoms with Crippen LogP contribution in [0.15, 0.2) is 48.8 Å². The van der Waals surface area contributed by atoms with E-state index in [1.165, 1.54) is 0 Å². The summed E-state index contributed by atoms with van der Waals surface area (Å²) in [5, 5.41) is 2.02. The zero-order chi connectivity index (χ0) is 16.7. The summed E-state index contributed by atoms with van der Waals surface area (Å²) >= 11 is 0. The van der Waals surface area contributed by atoms with Gasteiger partial charge in [0.1, 0.15) is 17.9 Å². The number of nitrogens with one attached hydrogen (secondary N) is 1. The topological polar surface area (TPSA) is 85.9 Å². The van der Waals surface area contributed by atoms with Gasteiger partial charge in [-0.15, -0.1) is 0 Å². The van der Waals surface area contributed by atoms with E-state index in [1.807, 2.05) is 47.2 Å². The van der Waals surface area contributed by atoms with Crippen LogP contribution in [-0.2, 0) is 11.3 Å². The van der Waals surface area contributed by atoms with E-state index < -0.39 is 0 Å². The smallest absolute Gasteiger partial charge is 0.237 e. The third-order valence-corrected chi connectivity index (χ3v) is 4.10. The van der Waals surface area contributed by atoms with Gasteiger partial charge in [0.15, 0.2) is 0 Å². The summed E-state index contributed by atoms with van der Waals surface area (Å²) in [6.07, 6.45) is 3.68. The van der Waals surface area contributed by atoms with Crippen LogP contribution in [0.4, 0.5) is 0 Å². The van der Waals surface area contributed by atoms with Crippen LogP contribution in [0.3, 0.4) is 0 Å². The monoisotopic (exact) mass is 320 g/mol. The number of benzene rings is 1. The molecule has 0 unspecified atom stereocenters. The number of hydrogen-bond acceptors (Lipinski definition) is 3. The molecular formula is C18H16N4O2. The minimum Gasteiger partial charge on any atom is -0.497 e. The van der Waals surface area contributed by atoms with Crippen molar-refractivity contribution in [1.29, 1.82) is 0 Å². The van der Waals surface area contributed by atoms with Crippen molar-refractivity contribution in [3.63, 3.8) is 0 Å². The molecule has 0 aliphatic carbocycles. The zero-order valence-electron chi connectivity index (χ0n) is 13.1. The number of aromatic amines is 1. The number of hydrogen-bond donors (Lipinski definition) is 2. The molecule has 0 spiro atoms. The Bertz CT molecular complexity index is 1030. The Balaban J connectivity index is 1.97. The molecule has 4 rings (SSSR count). The number of nitrogens with zero attached hydrogens (tertiary/aromatic N) is 2. The fourth-order valence-corrected chi connectivity index (χ4v) is 3.02. The molecule has 6 heteroatoms. The van der Waals surface area contributed by atoms with Gasteiger partial charge in [0, 0.05) is 39.9 Å². The Morgan fingerprint density at radius 3 is 2.96 bits per heavy atom. The van der Waals surface area contributed by atoms with Crippen LogP contribution in [0.5, 0.6) is 5.75 Å². The maximum absolute atomic E-state index is 11.4. The average molecular weight is 320 g/mol. The molecule has 0 saturated carbocycles. The van der Waals surface area contributed by atoms with Gasteiger partial charge in [-0.2, -0.15) is 0 Å². The maximum Gasteiger partial charge on any atom is 0.237 e. The second-order valence-corrected chi connectivity index (χ2v) is 5.64. The molecule has 0 atom stereocenters. The fraction of sp³-hybridized carbons (Fsp3) is 0.111. The molecule has 3 N–H and O–H groups in total. The Morgan fingerprint density at radius 1 is 1.33 bits per heavy atom. The minimum atomic E-state index is -0.382. The van der Waals surface area contributed by atoms with Gasteiger partial charge in [0.25, 0.3) is 0 Å². The largest absolute Gasteiger partial charge is 0.497 e. The van der Waals surface area contributed by atoms with E-state index >= 15 is 0 Å². The Hall–Kier alpha value is -3.28. The van der Waals surface area contributed by atoms with Crippen LogP contribution in [-0.4, -0.2) is 27.6 Å². The molecule has 0 saturated heterocycles. The van der Waals surface area contributed by atoms with Crippen LogP contribution in [0.1, 0.15) is 0 Å². The Kier molecular flexibility index (Phi) is 3.23. The number of aromatic nitrogens is 3. The first-order chi connectivity index (χ1) is 11.7. The molecule has 3 aromatic heterocycles. The summed E-state index contributed by atoms with van der Waals surface area (Å²) in [4.78, 5) is 19.0. The lowest BCUT2D eigenvalue weighted by atomic mass is 10.1. The van der Waals surface area contributed by atoms with Crippen LogP contribution in [0.2, 0.25) is 0 Å². The van der Waals surface area contributed by atoms with E-state index in [-0.39, 0.29) is 12.5 Å². The third-order valence-electron chi connectivity index (χ3n) is 4.10. The summed E-state index contributed by atoms with van der Waals surface area (Å²) in [6, 6.07) is 11.7. The van der Waals surface area contributed by atoms with Crippen LogP contribution in [0.25, 0.3) is 33.2 Å². The van der Waals surface area contributed by atoms with E-state index in [1.54, 1.807) is 13.3 Å². The molecule has 4 aromatic rings. The maximum atomic E-state index is 11.4. The number of amides is 1. The molecule has 6 nitrogen and oxygen atoms in total. The van der Waals surface area contributed by atoms with Crippen molar-refractivity contribution in [3.05, 3.63) is 48.8 Å². The number of nitrogens with two attached hydrogens (primary N) is 1. The van der Waals surface area contributed by atoms with Gasteiger partial charge >= 0.3 is 0 Å². The summed E-state index contributed by atoms with van der Waals surface area (Å²) < 4.78 is 7.19. The zero-order valence-corrected chi connectivity index (χ0v) is 13.1. The molecule has 3 heterocycles. The fourth-order valence-electron chi connectivity index (χ4n) is 3.02. The second-order valence-electron chi connectivity index (χ2n) is 5.64. The number of fused-ring (bicyclic) bond motifs is 2. The highest BCUT2D eigenvalue weighted by Crippen LogP contribution is 2.34. The number of primary amides is 1. The number of pyridine rings is 1. The van der Waals surface area contributed by atoms with Crippen molar-refractivity contribution in [3.8, 4) is 17.0 Å². The number of methoxy groups -OCH3 is 1. The Labute approximate surface area is 137 Å². The summed E-state index contributed by atoms with van der Waals surface area (Å²) in [7, 11) is 1.63. The molecule has 120 valence electrons. The van der Waals surface area contributed by atoms with Crippen LogP contribution < -0.4 is 10.5 Å². The van der Waals surface area contributed by atoms with Gasteiger partial charge in [0.2, 0.25) is 5.91 Å². The van der Waals surface area contributed by atoms with Crippen LogP contribution in [0, 0.1) is 0 Å². The highest BCUT2D eigenvalue weighted by atomic mass is 16.5. The van der Waals surface area contributed by atoms with E-state index in [9.17, 15) is 4.79 Å².